The first kappa shape index (κ1) is 24.2. The van der Waals surface area contributed by atoms with E-state index < -0.39 is 28.1 Å². The summed E-state index contributed by atoms with van der Waals surface area (Å²) in [4.78, 5) is 24.4. The molecule has 1 aromatic carbocycles. The summed E-state index contributed by atoms with van der Waals surface area (Å²) in [6.07, 6.45) is 7.06. The number of amides is 2. The van der Waals surface area contributed by atoms with Crippen molar-refractivity contribution in [3.63, 3.8) is 0 Å². The van der Waals surface area contributed by atoms with Crippen molar-refractivity contribution in [1.82, 2.24) is 14.9 Å². The highest BCUT2D eigenvalue weighted by atomic mass is 32.2. The molecule has 2 N–H and O–H groups in total. The van der Waals surface area contributed by atoms with Crippen molar-refractivity contribution in [2.45, 2.75) is 49.6 Å². The lowest BCUT2D eigenvalue weighted by atomic mass is 9.97. The molecule has 1 aromatic rings. The van der Waals surface area contributed by atoms with Gasteiger partial charge < -0.3 is 20.1 Å². The fraction of sp³-hybridized carbons (Fsp3) is 0.545. The average Bonchev–Trinajstić information content (AvgIpc) is 2.83. The van der Waals surface area contributed by atoms with Gasteiger partial charge in [-0.25, -0.2) is 8.42 Å². The number of carbonyl (C=O) groups is 2. The lowest BCUT2D eigenvalue weighted by molar-refractivity contribution is -0.140. The second kappa shape index (κ2) is 11.4. The number of nitrogens with one attached hydrogen (secondary N) is 2. The van der Waals surface area contributed by atoms with E-state index in [4.69, 9.17) is 9.47 Å². The molecule has 3 rings (SSSR count). The van der Waals surface area contributed by atoms with Crippen molar-refractivity contribution in [3.8, 4) is 5.75 Å². The van der Waals surface area contributed by atoms with Gasteiger partial charge in [0.25, 0.3) is 0 Å². The molecule has 2 amide bonds. The first-order valence-electron chi connectivity index (χ1n) is 10.9. The number of allylic oxidation sites excluding steroid dienone is 1. The molecule has 176 valence electrons. The quantitative estimate of drug-likeness (QED) is 0.445. The first-order chi connectivity index (χ1) is 15.4. The van der Waals surface area contributed by atoms with Crippen LogP contribution in [0.1, 0.15) is 38.5 Å². The predicted octanol–water partition coefficient (Wildman–Crippen LogP) is 1.56. The molecule has 1 fully saturated rings. The van der Waals surface area contributed by atoms with Crippen LogP contribution in [0.5, 0.6) is 5.75 Å². The van der Waals surface area contributed by atoms with E-state index in [1.807, 2.05) is 0 Å². The molecule has 1 atom stereocenters. The third-order valence-corrected chi connectivity index (χ3v) is 7.48. The van der Waals surface area contributed by atoms with Crippen LogP contribution in [0.2, 0.25) is 0 Å². The van der Waals surface area contributed by atoms with E-state index in [0.717, 1.165) is 25.7 Å². The van der Waals surface area contributed by atoms with Crippen molar-refractivity contribution >= 4 is 21.8 Å². The maximum absolute atomic E-state index is 13.1. The number of hydrogen-bond acceptors (Lipinski definition) is 6. The van der Waals surface area contributed by atoms with E-state index in [-0.39, 0.29) is 18.0 Å². The summed E-state index contributed by atoms with van der Waals surface area (Å²) in [5.74, 6) is -0.992. The number of ether oxygens (including phenoxy) is 2. The van der Waals surface area contributed by atoms with Gasteiger partial charge in [-0.1, -0.05) is 11.6 Å². The number of rotatable bonds is 8. The summed E-state index contributed by atoms with van der Waals surface area (Å²) in [6, 6.07) is 6.07. The number of benzene rings is 1. The standard InChI is InChI=1S/C22H31N3O6S/c1-30-18-8-10-19(11-9-18)32(28,29)25-14-5-15-31-20(25)16-24-22(27)21(26)23-13-12-17-6-3-2-4-7-17/h6,8-11,20H,2-5,7,12-16H2,1H3,(H,23,26)(H,24,27)/t20-/m0/s1. The Hall–Kier alpha value is -2.43. The fourth-order valence-electron chi connectivity index (χ4n) is 3.79. The lowest BCUT2D eigenvalue weighted by Gasteiger charge is -2.34. The first-order valence-corrected chi connectivity index (χ1v) is 12.4. The Morgan fingerprint density at radius 3 is 2.56 bits per heavy atom. The third kappa shape index (κ3) is 6.30. The Morgan fingerprint density at radius 1 is 1.12 bits per heavy atom. The number of sulfonamides is 1. The molecule has 2 aliphatic rings. The van der Waals surface area contributed by atoms with Crippen LogP contribution in [0.15, 0.2) is 40.8 Å². The summed E-state index contributed by atoms with van der Waals surface area (Å²) in [7, 11) is -2.33. The molecule has 10 heteroatoms. The maximum Gasteiger partial charge on any atom is 0.309 e. The summed E-state index contributed by atoms with van der Waals surface area (Å²) in [5, 5.41) is 5.11. The van der Waals surface area contributed by atoms with E-state index >= 15 is 0 Å². The molecule has 0 spiro atoms. The monoisotopic (exact) mass is 465 g/mol. The van der Waals surface area contributed by atoms with Crippen LogP contribution in [0.4, 0.5) is 0 Å². The van der Waals surface area contributed by atoms with Gasteiger partial charge in [0.05, 0.1) is 25.2 Å². The molecule has 0 aromatic heterocycles. The van der Waals surface area contributed by atoms with Crippen LogP contribution in [-0.4, -0.2) is 64.1 Å². The van der Waals surface area contributed by atoms with Crippen LogP contribution in [0, 0.1) is 0 Å². The normalized spacial score (nSPS) is 19.7. The highest BCUT2D eigenvalue weighted by Gasteiger charge is 2.35. The van der Waals surface area contributed by atoms with Gasteiger partial charge >= 0.3 is 11.8 Å². The predicted molar refractivity (Wildman–Crippen MR) is 118 cm³/mol. The van der Waals surface area contributed by atoms with Gasteiger partial charge in [0.15, 0.2) is 0 Å². The largest absolute Gasteiger partial charge is 0.497 e. The molecule has 1 heterocycles. The van der Waals surface area contributed by atoms with Crippen LogP contribution < -0.4 is 15.4 Å². The van der Waals surface area contributed by atoms with Crippen molar-refractivity contribution in [2.24, 2.45) is 0 Å². The number of hydrogen-bond donors (Lipinski definition) is 2. The SMILES string of the molecule is COc1ccc(S(=O)(=O)N2CCCO[C@H]2CNC(=O)C(=O)NCCC2=CCCCC2)cc1. The molecular weight excluding hydrogens is 434 g/mol. The van der Waals surface area contributed by atoms with Gasteiger partial charge in [-0.15, -0.1) is 0 Å². The molecule has 0 bridgehead atoms. The number of methoxy groups -OCH3 is 1. The lowest BCUT2D eigenvalue weighted by Crippen LogP contribution is -2.53. The van der Waals surface area contributed by atoms with Gasteiger partial charge in [0.2, 0.25) is 10.0 Å². The smallest absolute Gasteiger partial charge is 0.309 e. The van der Waals surface area contributed by atoms with E-state index in [0.29, 0.717) is 25.3 Å². The zero-order chi connectivity index (χ0) is 23.0. The van der Waals surface area contributed by atoms with Crippen LogP contribution in [-0.2, 0) is 24.3 Å². The van der Waals surface area contributed by atoms with Gasteiger partial charge in [-0.3, -0.25) is 9.59 Å². The van der Waals surface area contributed by atoms with Gasteiger partial charge in [0, 0.05) is 13.1 Å². The zero-order valence-electron chi connectivity index (χ0n) is 18.3. The van der Waals surface area contributed by atoms with Crippen LogP contribution >= 0.6 is 0 Å². The Balaban J connectivity index is 1.53. The minimum atomic E-state index is -3.84. The van der Waals surface area contributed by atoms with Gasteiger partial charge in [-0.2, -0.15) is 4.31 Å². The molecule has 0 radical (unpaired) electrons. The van der Waals surface area contributed by atoms with Crippen molar-refractivity contribution in [1.29, 1.82) is 0 Å². The molecular formula is C22H31N3O6S. The molecule has 0 saturated carbocycles. The molecule has 9 nitrogen and oxygen atoms in total. The summed E-state index contributed by atoms with van der Waals surface area (Å²) in [5.41, 5.74) is 1.31. The minimum Gasteiger partial charge on any atom is -0.497 e. The van der Waals surface area contributed by atoms with E-state index in [1.165, 1.54) is 35.5 Å². The Morgan fingerprint density at radius 2 is 1.88 bits per heavy atom. The minimum absolute atomic E-state index is 0.106. The van der Waals surface area contributed by atoms with Crippen molar-refractivity contribution in [2.75, 3.05) is 33.4 Å². The highest BCUT2D eigenvalue weighted by molar-refractivity contribution is 7.89. The molecule has 1 saturated heterocycles. The molecule has 1 aliphatic heterocycles. The number of carbonyl (C=O) groups excluding carboxylic acids is 2. The second-order valence-corrected chi connectivity index (χ2v) is 9.68. The van der Waals surface area contributed by atoms with Gasteiger partial charge in [0.1, 0.15) is 12.0 Å². The van der Waals surface area contributed by atoms with Crippen molar-refractivity contribution in [3.05, 3.63) is 35.9 Å². The van der Waals surface area contributed by atoms with Crippen LogP contribution in [0.25, 0.3) is 0 Å². The van der Waals surface area contributed by atoms with E-state index in [1.54, 1.807) is 12.1 Å². The maximum atomic E-state index is 13.1. The highest BCUT2D eigenvalue weighted by Crippen LogP contribution is 2.24. The van der Waals surface area contributed by atoms with E-state index in [9.17, 15) is 18.0 Å². The van der Waals surface area contributed by atoms with E-state index in [2.05, 4.69) is 16.7 Å². The Kier molecular flexibility index (Phi) is 8.66. The topological polar surface area (TPSA) is 114 Å². The zero-order valence-corrected chi connectivity index (χ0v) is 19.2. The fourth-order valence-corrected chi connectivity index (χ4v) is 5.36. The summed E-state index contributed by atoms with van der Waals surface area (Å²) < 4.78 is 38.0. The second-order valence-electron chi connectivity index (χ2n) is 7.79. The van der Waals surface area contributed by atoms with Crippen molar-refractivity contribution < 1.29 is 27.5 Å². The summed E-state index contributed by atoms with van der Waals surface area (Å²) >= 11 is 0. The number of nitrogens with zero attached hydrogens (tertiary/aromatic N) is 1. The molecule has 1 aliphatic carbocycles. The van der Waals surface area contributed by atoms with Gasteiger partial charge in [-0.05, 0) is 62.8 Å². The Bertz CT molecular complexity index is 929. The third-order valence-electron chi connectivity index (χ3n) is 5.58. The van der Waals surface area contributed by atoms with Crippen LogP contribution in [0.3, 0.4) is 0 Å². The average molecular weight is 466 g/mol. The molecule has 0 unspecified atom stereocenters. The molecule has 32 heavy (non-hydrogen) atoms. The Labute approximate surface area is 189 Å². The summed E-state index contributed by atoms with van der Waals surface area (Å²) in [6.45, 7) is 0.912.